The third-order valence-corrected chi connectivity index (χ3v) is 7.95. The van der Waals surface area contributed by atoms with Gasteiger partial charge in [0.05, 0.1) is 34.3 Å². The highest BCUT2D eigenvalue weighted by Gasteiger charge is 2.14. The van der Waals surface area contributed by atoms with E-state index >= 15 is 0 Å². The van der Waals surface area contributed by atoms with Gasteiger partial charge in [-0.3, -0.25) is 9.97 Å². The summed E-state index contributed by atoms with van der Waals surface area (Å²) in [6.45, 7) is 0. The molecule has 0 fully saturated rings. The predicted octanol–water partition coefficient (Wildman–Crippen LogP) is 9.64. The van der Waals surface area contributed by atoms with Gasteiger partial charge in [-0.25, -0.2) is 4.98 Å². The number of hydrogen-bond donors (Lipinski definition) is 0. The molecule has 202 valence electrons. The lowest BCUT2D eigenvalue weighted by atomic mass is 9.99. The zero-order valence-electron chi connectivity index (χ0n) is 23.3. The Labute approximate surface area is 249 Å². The second-order valence-corrected chi connectivity index (χ2v) is 10.6. The minimum atomic E-state index is 0.840. The Kier molecular flexibility index (Phi) is 6.08. The molecule has 4 heteroatoms. The van der Waals surface area contributed by atoms with Gasteiger partial charge in [0.1, 0.15) is 0 Å². The molecule has 8 aromatic rings. The average Bonchev–Trinajstić information content (AvgIpc) is 3.43. The van der Waals surface area contributed by atoms with Gasteiger partial charge in [0.2, 0.25) is 0 Å². The van der Waals surface area contributed by atoms with E-state index in [4.69, 9.17) is 4.98 Å². The predicted molar refractivity (Wildman–Crippen MR) is 176 cm³/mol. The van der Waals surface area contributed by atoms with E-state index in [9.17, 15) is 0 Å². The molecule has 0 aliphatic rings. The van der Waals surface area contributed by atoms with Crippen LogP contribution in [0.2, 0.25) is 0 Å². The van der Waals surface area contributed by atoms with Crippen molar-refractivity contribution >= 4 is 21.8 Å². The molecule has 0 bridgehead atoms. The van der Waals surface area contributed by atoms with Crippen LogP contribution in [0.3, 0.4) is 0 Å². The van der Waals surface area contributed by atoms with E-state index in [1.54, 1.807) is 0 Å². The Balaban J connectivity index is 1.27. The van der Waals surface area contributed by atoms with E-state index in [1.807, 2.05) is 42.9 Å². The largest absolute Gasteiger partial charge is 0.308 e. The molecule has 0 unspecified atom stereocenters. The molecule has 4 nitrogen and oxygen atoms in total. The van der Waals surface area contributed by atoms with Crippen LogP contribution in [0.15, 0.2) is 158 Å². The summed E-state index contributed by atoms with van der Waals surface area (Å²) in [5.41, 5.74) is 11.5. The fourth-order valence-electron chi connectivity index (χ4n) is 5.88. The van der Waals surface area contributed by atoms with Crippen LogP contribution in [-0.2, 0) is 0 Å². The van der Waals surface area contributed by atoms with Crippen molar-refractivity contribution in [1.29, 1.82) is 0 Å². The van der Waals surface area contributed by atoms with Crippen LogP contribution in [0.4, 0.5) is 0 Å². The second kappa shape index (κ2) is 10.5. The molecular formula is C39H26N4. The number of pyridine rings is 3. The van der Waals surface area contributed by atoms with E-state index in [-0.39, 0.29) is 0 Å². The molecule has 0 amide bonds. The van der Waals surface area contributed by atoms with Crippen LogP contribution < -0.4 is 0 Å². The molecule has 0 aliphatic carbocycles. The van der Waals surface area contributed by atoms with Crippen LogP contribution in [0, 0.1) is 0 Å². The first kappa shape index (κ1) is 24.9. The molecular weight excluding hydrogens is 524 g/mol. The molecule has 8 rings (SSSR count). The van der Waals surface area contributed by atoms with Crippen molar-refractivity contribution in [3.63, 3.8) is 0 Å². The number of hydrogen-bond acceptors (Lipinski definition) is 3. The number of benzene rings is 4. The van der Waals surface area contributed by atoms with E-state index in [0.717, 1.165) is 50.5 Å². The first-order valence-corrected chi connectivity index (χ1v) is 14.4. The first-order valence-electron chi connectivity index (χ1n) is 14.4. The van der Waals surface area contributed by atoms with E-state index in [0.29, 0.717) is 0 Å². The second-order valence-electron chi connectivity index (χ2n) is 10.6. The molecule has 0 N–H and O–H groups in total. The molecule has 0 radical (unpaired) electrons. The topological polar surface area (TPSA) is 43.6 Å². The van der Waals surface area contributed by atoms with Gasteiger partial charge in [0.15, 0.2) is 0 Å². The number of nitrogens with zero attached hydrogens (tertiary/aromatic N) is 4. The van der Waals surface area contributed by atoms with Gasteiger partial charge < -0.3 is 4.57 Å². The van der Waals surface area contributed by atoms with Crippen molar-refractivity contribution in [2.45, 2.75) is 0 Å². The molecule has 0 aliphatic heterocycles. The van der Waals surface area contributed by atoms with E-state index in [2.05, 4.69) is 130 Å². The normalized spacial score (nSPS) is 11.3. The molecule has 43 heavy (non-hydrogen) atoms. The quantitative estimate of drug-likeness (QED) is 0.214. The Bertz CT molecular complexity index is 2160. The average molecular weight is 551 g/mol. The molecule has 0 atom stereocenters. The third-order valence-electron chi connectivity index (χ3n) is 7.95. The summed E-state index contributed by atoms with van der Waals surface area (Å²) in [5.74, 6) is 0. The fraction of sp³-hybridized carbons (Fsp3) is 0. The maximum absolute atomic E-state index is 5.08. The standard InChI is InChI=1S/C39H26N4/c1-2-9-27(10-3-1)28-16-18-29(19-17-28)36-24-31(25-37(42-36)35-14-6-7-21-41-35)30-11-8-12-32(23-30)43-38-15-5-4-13-33(38)34-20-22-40-26-39(34)43/h1-26H. The summed E-state index contributed by atoms with van der Waals surface area (Å²) in [5, 5.41) is 2.41. The Morgan fingerprint density at radius 2 is 1.14 bits per heavy atom. The van der Waals surface area contributed by atoms with Crippen molar-refractivity contribution in [3.05, 3.63) is 158 Å². The van der Waals surface area contributed by atoms with Crippen molar-refractivity contribution in [2.75, 3.05) is 0 Å². The monoisotopic (exact) mass is 550 g/mol. The number of fused-ring (bicyclic) bond motifs is 3. The van der Waals surface area contributed by atoms with Crippen LogP contribution in [0.1, 0.15) is 0 Å². The maximum atomic E-state index is 5.08. The van der Waals surface area contributed by atoms with Crippen molar-refractivity contribution in [3.8, 4) is 50.6 Å². The summed E-state index contributed by atoms with van der Waals surface area (Å²) < 4.78 is 2.30. The molecule has 0 saturated carbocycles. The van der Waals surface area contributed by atoms with Gasteiger partial charge in [-0.05, 0) is 70.8 Å². The fourth-order valence-corrected chi connectivity index (χ4v) is 5.88. The van der Waals surface area contributed by atoms with Gasteiger partial charge in [0, 0.05) is 34.4 Å². The lowest BCUT2D eigenvalue weighted by Gasteiger charge is -2.13. The van der Waals surface area contributed by atoms with Gasteiger partial charge in [-0.15, -0.1) is 0 Å². The lowest BCUT2D eigenvalue weighted by Crippen LogP contribution is -1.96. The van der Waals surface area contributed by atoms with Crippen LogP contribution in [0.25, 0.3) is 72.4 Å². The van der Waals surface area contributed by atoms with Crippen molar-refractivity contribution in [2.24, 2.45) is 0 Å². The summed E-state index contributed by atoms with van der Waals surface area (Å²) in [6, 6.07) is 48.6. The number of para-hydroxylation sites is 1. The van der Waals surface area contributed by atoms with Gasteiger partial charge in [-0.2, -0.15) is 0 Å². The zero-order valence-corrected chi connectivity index (χ0v) is 23.3. The minimum absolute atomic E-state index is 0.840. The van der Waals surface area contributed by atoms with Crippen molar-refractivity contribution in [1.82, 2.24) is 19.5 Å². The molecule has 4 heterocycles. The summed E-state index contributed by atoms with van der Waals surface area (Å²) in [6.07, 6.45) is 5.62. The Morgan fingerprint density at radius 3 is 2.00 bits per heavy atom. The number of rotatable bonds is 5. The first-order chi connectivity index (χ1) is 21.3. The van der Waals surface area contributed by atoms with Gasteiger partial charge >= 0.3 is 0 Å². The zero-order chi connectivity index (χ0) is 28.6. The third kappa shape index (κ3) is 4.55. The van der Waals surface area contributed by atoms with Crippen LogP contribution >= 0.6 is 0 Å². The van der Waals surface area contributed by atoms with E-state index in [1.165, 1.54) is 21.9 Å². The van der Waals surface area contributed by atoms with E-state index < -0.39 is 0 Å². The highest BCUT2D eigenvalue weighted by atomic mass is 15.0. The highest BCUT2D eigenvalue weighted by Crippen LogP contribution is 2.35. The SMILES string of the molecule is c1ccc(-c2ccc(-c3cc(-c4cccc(-n5c6ccccc6c6ccncc65)c4)cc(-c4ccccn4)n3)cc2)cc1. The molecule has 0 saturated heterocycles. The molecule has 4 aromatic carbocycles. The molecule has 4 aromatic heterocycles. The Hall–Kier alpha value is -5.87. The highest BCUT2D eigenvalue weighted by molar-refractivity contribution is 6.09. The van der Waals surface area contributed by atoms with Gasteiger partial charge in [0.25, 0.3) is 0 Å². The smallest absolute Gasteiger partial charge is 0.0899 e. The minimum Gasteiger partial charge on any atom is -0.308 e. The Morgan fingerprint density at radius 1 is 0.419 bits per heavy atom. The summed E-state index contributed by atoms with van der Waals surface area (Å²) >= 11 is 0. The number of aromatic nitrogens is 4. The summed E-state index contributed by atoms with van der Waals surface area (Å²) in [4.78, 5) is 14.2. The lowest BCUT2D eigenvalue weighted by molar-refractivity contribution is 1.17. The van der Waals surface area contributed by atoms with Crippen LogP contribution in [0.5, 0.6) is 0 Å². The van der Waals surface area contributed by atoms with Gasteiger partial charge in [-0.1, -0.05) is 91.0 Å². The van der Waals surface area contributed by atoms with Crippen LogP contribution in [-0.4, -0.2) is 19.5 Å². The summed E-state index contributed by atoms with van der Waals surface area (Å²) in [7, 11) is 0. The molecule has 0 spiro atoms. The van der Waals surface area contributed by atoms with Crippen molar-refractivity contribution < 1.29 is 0 Å². The maximum Gasteiger partial charge on any atom is 0.0899 e.